The lowest BCUT2D eigenvalue weighted by Gasteiger charge is -2.05. The van der Waals surface area contributed by atoms with Crippen LogP contribution in [0.25, 0.3) is 5.69 Å². The summed E-state index contributed by atoms with van der Waals surface area (Å²) in [6, 6.07) is 7.28. The highest BCUT2D eigenvalue weighted by molar-refractivity contribution is 6.33. The highest BCUT2D eigenvalue weighted by Gasteiger charge is 2.14. The molecule has 2 rings (SSSR count). The molecule has 0 saturated heterocycles. The molecule has 1 N–H and O–H groups in total. The fraction of sp³-hybridized carbons (Fsp3) is 0.182. The molecule has 0 aliphatic carbocycles. The van der Waals surface area contributed by atoms with Gasteiger partial charge >= 0.3 is 0 Å². The highest BCUT2D eigenvalue weighted by Crippen LogP contribution is 2.27. The maximum absolute atomic E-state index is 9.16. The SMILES string of the molecule is Cc1nn(-c2ccccc2Cl)c(Cl)c1CO. The van der Waals surface area contributed by atoms with Crippen molar-refractivity contribution in [2.45, 2.75) is 13.5 Å². The average molecular weight is 257 g/mol. The minimum Gasteiger partial charge on any atom is -0.391 e. The molecule has 0 saturated carbocycles. The van der Waals surface area contributed by atoms with Crippen molar-refractivity contribution in [1.82, 2.24) is 9.78 Å². The lowest BCUT2D eigenvalue weighted by Crippen LogP contribution is -1.97. The molecule has 16 heavy (non-hydrogen) atoms. The molecular weight excluding hydrogens is 247 g/mol. The molecule has 0 aliphatic rings. The third-order valence-corrected chi connectivity index (χ3v) is 3.07. The van der Waals surface area contributed by atoms with E-state index in [1.54, 1.807) is 13.0 Å². The van der Waals surface area contributed by atoms with E-state index in [2.05, 4.69) is 5.10 Å². The Bertz CT molecular complexity index is 523. The molecule has 0 atom stereocenters. The molecule has 1 heterocycles. The van der Waals surface area contributed by atoms with Crippen LogP contribution in [0.1, 0.15) is 11.3 Å². The van der Waals surface area contributed by atoms with E-state index in [0.717, 1.165) is 0 Å². The Morgan fingerprint density at radius 2 is 2.00 bits per heavy atom. The molecule has 84 valence electrons. The Morgan fingerprint density at radius 3 is 2.56 bits per heavy atom. The summed E-state index contributed by atoms with van der Waals surface area (Å²) in [5.74, 6) is 0. The Labute approximate surface area is 103 Å². The lowest BCUT2D eigenvalue weighted by atomic mass is 10.3. The molecule has 5 heteroatoms. The number of aryl methyl sites for hydroxylation is 1. The van der Waals surface area contributed by atoms with Gasteiger partial charge in [0.2, 0.25) is 0 Å². The predicted octanol–water partition coefficient (Wildman–Crippen LogP) is 2.98. The van der Waals surface area contributed by atoms with Crippen LogP contribution in [-0.4, -0.2) is 14.9 Å². The van der Waals surface area contributed by atoms with Gasteiger partial charge in [0.05, 0.1) is 23.0 Å². The largest absolute Gasteiger partial charge is 0.391 e. The quantitative estimate of drug-likeness (QED) is 0.898. The van der Waals surface area contributed by atoms with E-state index in [9.17, 15) is 0 Å². The van der Waals surface area contributed by atoms with Crippen molar-refractivity contribution in [2.24, 2.45) is 0 Å². The minimum atomic E-state index is -0.130. The molecule has 2 aromatic rings. The summed E-state index contributed by atoms with van der Waals surface area (Å²) >= 11 is 12.2. The predicted molar refractivity (Wildman–Crippen MR) is 64.2 cm³/mol. The number of para-hydroxylation sites is 1. The number of hydrogen-bond acceptors (Lipinski definition) is 2. The first-order chi connectivity index (χ1) is 7.65. The fourth-order valence-corrected chi connectivity index (χ4v) is 2.04. The number of rotatable bonds is 2. The molecule has 0 unspecified atom stereocenters. The maximum Gasteiger partial charge on any atom is 0.138 e. The minimum absolute atomic E-state index is 0.130. The van der Waals surface area contributed by atoms with E-state index in [-0.39, 0.29) is 6.61 Å². The van der Waals surface area contributed by atoms with Crippen LogP contribution in [0.15, 0.2) is 24.3 Å². The number of halogens is 2. The number of hydrogen-bond donors (Lipinski definition) is 1. The summed E-state index contributed by atoms with van der Waals surface area (Å²) in [6.45, 7) is 1.67. The third-order valence-electron chi connectivity index (χ3n) is 2.36. The summed E-state index contributed by atoms with van der Waals surface area (Å²) in [4.78, 5) is 0. The van der Waals surface area contributed by atoms with E-state index in [4.69, 9.17) is 28.3 Å². The summed E-state index contributed by atoms with van der Waals surface area (Å²) in [6.07, 6.45) is 0. The van der Waals surface area contributed by atoms with Gasteiger partial charge in [0.1, 0.15) is 5.15 Å². The summed E-state index contributed by atoms with van der Waals surface area (Å²) in [7, 11) is 0. The van der Waals surface area contributed by atoms with Crippen molar-refractivity contribution >= 4 is 23.2 Å². The Kier molecular flexibility index (Phi) is 3.19. The second-order valence-electron chi connectivity index (χ2n) is 3.38. The van der Waals surface area contributed by atoms with Crippen molar-refractivity contribution in [3.05, 3.63) is 45.7 Å². The third kappa shape index (κ3) is 1.82. The lowest BCUT2D eigenvalue weighted by molar-refractivity contribution is 0.281. The van der Waals surface area contributed by atoms with Crippen LogP contribution in [0.3, 0.4) is 0 Å². The number of benzene rings is 1. The summed E-state index contributed by atoms with van der Waals surface area (Å²) < 4.78 is 1.53. The van der Waals surface area contributed by atoms with Crippen molar-refractivity contribution in [3.8, 4) is 5.69 Å². The van der Waals surface area contributed by atoms with Gasteiger partial charge in [-0.1, -0.05) is 35.3 Å². The fourth-order valence-electron chi connectivity index (χ4n) is 1.49. The van der Waals surface area contributed by atoms with Crippen LogP contribution in [-0.2, 0) is 6.61 Å². The van der Waals surface area contributed by atoms with Crippen LogP contribution >= 0.6 is 23.2 Å². The number of aliphatic hydroxyl groups is 1. The standard InChI is InChI=1S/C11H10Cl2N2O/c1-7-8(6-16)11(13)15(14-7)10-5-3-2-4-9(10)12/h2-5,16H,6H2,1H3. The van der Waals surface area contributed by atoms with Gasteiger partial charge in [-0.25, -0.2) is 4.68 Å². The molecular formula is C11H10Cl2N2O. The van der Waals surface area contributed by atoms with E-state index >= 15 is 0 Å². The van der Waals surface area contributed by atoms with E-state index < -0.39 is 0 Å². The van der Waals surface area contributed by atoms with Gasteiger partial charge in [-0.15, -0.1) is 0 Å². The molecule has 1 aromatic carbocycles. The van der Waals surface area contributed by atoms with Crippen LogP contribution < -0.4 is 0 Å². The first-order valence-electron chi connectivity index (χ1n) is 4.75. The smallest absolute Gasteiger partial charge is 0.138 e. The summed E-state index contributed by atoms with van der Waals surface area (Å²) in [5, 5.41) is 14.4. The average Bonchev–Trinajstić information content (AvgIpc) is 2.55. The van der Waals surface area contributed by atoms with Gasteiger partial charge in [-0.05, 0) is 19.1 Å². The van der Waals surface area contributed by atoms with E-state index in [1.165, 1.54) is 4.68 Å². The van der Waals surface area contributed by atoms with Crippen molar-refractivity contribution in [1.29, 1.82) is 0 Å². The highest BCUT2D eigenvalue weighted by atomic mass is 35.5. The molecule has 0 spiro atoms. The van der Waals surface area contributed by atoms with Crippen LogP contribution in [0, 0.1) is 6.92 Å². The van der Waals surface area contributed by atoms with Crippen LogP contribution in [0.2, 0.25) is 10.2 Å². The molecule has 0 bridgehead atoms. The second-order valence-corrected chi connectivity index (χ2v) is 4.14. The van der Waals surface area contributed by atoms with Crippen LogP contribution in [0.5, 0.6) is 0 Å². The zero-order chi connectivity index (χ0) is 11.7. The first-order valence-corrected chi connectivity index (χ1v) is 5.50. The number of nitrogens with zero attached hydrogens (tertiary/aromatic N) is 2. The van der Waals surface area contributed by atoms with Crippen molar-refractivity contribution < 1.29 is 5.11 Å². The summed E-state index contributed by atoms with van der Waals surface area (Å²) in [5.41, 5.74) is 2.03. The molecule has 0 radical (unpaired) electrons. The normalized spacial score (nSPS) is 10.8. The van der Waals surface area contributed by atoms with Gasteiger partial charge in [-0.3, -0.25) is 0 Å². The van der Waals surface area contributed by atoms with Crippen LogP contribution in [0.4, 0.5) is 0 Å². The Hall–Kier alpha value is -1.03. The molecule has 3 nitrogen and oxygen atoms in total. The van der Waals surface area contributed by atoms with Crippen molar-refractivity contribution in [3.63, 3.8) is 0 Å². The van der Waals surface area contributed by atoms with Gasteiger partial charge in [0.25, 0.3) is 0 Å². The topological polar surface area (TPSA) is 38.0 Å². The van der Waals surface area contributed by atoms with Gasteiger partial charge in [-0.2, -0.15) is 5.10 Å². The van der Waals surface area contributed by atoms with Gasteiger partial charge in [0, 0.05) is 5.56 Å². The molecule has 0 fully saturated rings. The molecule has 0 amide bonds. The van der Waals surface area contributed by atoms with E-state index in [0.29, 0.717) is 27.1 Å². The van der Waals surface area contributed by atoms with Gasteiger partial charge in [0.15, 0.2) is 0 Å². The molecule has 1 aromatic heterocycles. The second kappa shape index (κ2) is 4.45. The zero-order valence-electron chi connectivity index (χ0n) is 8.61. The maximum atomic E-state index is 9.16. The first kappa shape index (κ1) is 11.5. The Balaban J connectivity index is 2.62. The zero-order valence-corrected chi connectivity index (χ0v) is 10.1. The van der Waals surface area contributed by atoms with Gasteiger partial charge < -0.3 is 5.11 Å². The van der Waals surface area contributed by atoms with Crippen molar-refractivity contribution in [2.75, 3.05) is 0 Å². The monoisotopic (exact) mass is 256 g/mol. The number of aromatic nitrogens is 2. The Morgan fingerprint density at radius 1 is 1.31 bits per heavy atom. The number of aliphatic hydroxyl groups excluding tert-OH is 1. The molecule has 0 aliphatic heterocycles. The van der Waals surface area contributed by atoms with E-state index in [1.807, 2.05) is 18.2 Å².